The fraction of sp³-hybridized carbons (Fsp3) is 0.321. The number of hydrogen-bond donors (Lipinski definition) is 0. The van der Waals surface area contributed by atoms with E-state index >= 15 is 0 Å². The number of furan rings is 1. The number of hydrogen-bond acceptors (Lipinski definition) is 6. The van der Waals surface area contributed by atoms with Gasteiger partial charge >= 0.3 is 0 Å². The lowest BCUT2D eigenvalue weighted by atomic mass is 9.98. The maximum atomic E-state index is 14.9. The summed E-state index contributed by atoms with van der Waals surface area (Å²) in [6.07, 6.45) is 1.71. The zero-order chi connectivity index (χ0) is 26.5. The van der Waals surface area contributed by atoms with E-state index in [1.807, 2.05) is 18.2 Å². The summed E-state index contributed by atoms with van der Waals surface area (Å²) in [4.78, 5) is 30.7. The Labute approximate surface area is 225 Å². The largest absolute Gasteiger partial charge is 0.459 e. The van der Waals surface area contributed by atoms with Gasteiger partial charge in [0.25, 0.3) is 11.8 Å². The van der Waals surface area contributed by atoms with Crippen molar-refractivity contribution < 1.29 is 23.1 Å². The summed E-state index contributed by atoms with van der Waals surface area (Å²) in [5.74, 6) is -1.11. The second-order valence-electron chi connectivity index (χ2n) is 9.16. The van der Waals surface area contributed by atoms with Gasteiger partial charge in [-0.3, -0.25) is 14.5 Å². The highest BCUT2D eigenvalue weighted by Crippen LogP contribution is 2.35. The van der Waals surface area contributed by atoms with Crippen molar-refractivity contribution in [3.05, 3.63) is 94.7 Å². The van der Waals surface area contributed by atoms with Crippen LogP contribution in [0.3, 0.4) is 0 Å². The van der Waals surface area contributed by atoms with Crippen LogP contribution in [0.5, 0.6) is 0 Å². The van der Waals surface area contributed by atoms with Crippen molar-refractivity contribution in [1.82, 2.24) is 14.8 Å². The average Bonchev–Trinajstić information content (AvgIpc) is 3.63. The molecule has 0 radical (unpaired) electrons. The summed E-state index contributed by atoms with van der Waals surface area (Å²) in [6, 6.07) is 16.1. The minimum absolute atomic E-state index is 0.145. The molecule has 3 heterocycles. The van der Waals surface area contributed by atoms with Gasteiger partial charge in [0.05, 0.1) is 31.2 Å². The molecule has 5 rings (SSSR count). The molecular formula is C28H28ClFN4O4. The Balaban J connectivity index is 1.41. The van der Waals surface area contributed by atoms with Crippen LogP contribution in [0.25, 0.3) is 0 Å². The number of hydrazone groups is 1. The first-order valence-electron chi connectivity index (χ1n) is 12.5. The molecule has 1 saturated heterocycles. The molecule has 198 valence electrons. The second-order valence-corrected chi connectivity index (χ2v) is 9.57. The number of ether oxygens (including phenoxy) is 1. The van der Waals surface area contributed by atoms with E-state index in [9.17, 15) is 14.0 Å². The van der Waals surface area contributed by atoms with Gasteiger partial charge in [-0.25, -0.2) is 9.40 Å². The van der Waals surface area contributed by atoms with Gasteiger partial charge in [-0.05, 0) is 24.3 Å². The van der Waals surface area contributed by atoms with Crippen molar-refractivity contribution in [3.8, 4) is 0 Å². The first-order chi connectivity index (χ1) is 18.5. The Hall–Kier alpha value is -3.53. The van der Waals surface area contributed by atoms with Crippen molar-refractivity contribution in [1.29, 1.82) is 0 Å². The molecule has 38 heavy (non-hydrogen) atoms. The quantitative estimate of drug-likeness (QED) is 0.429. The van der Waals surface area contributed by atoms with Gasteiger partial charge < -0.3 is 14.1 Å². The molecule has 2 amide bonds. The van der Waals surface area contributed by atoms with Crippen LogP contribution in [0.15, 0.2) is 76.4 Å². The van der Waals surface area contributed by atoms with Crippen LogP contribution in [0, 0.1) is 5.82 Å². The molecule has 1 fully saturated rings. The summed E-state index contributed by atoms with van der Waals surface area (Å²) in [5, 5.41) is 6.38. The molecule has 0 N–H and O–H groups in total. The Bertz CT molecular complexity index is 1310. The zero-order valence-corrected chi connectivity index (χ0v) is 21.5. The topological polar surface area (TPSA) is 78.6 Å². The van der Waals surface area contributed by atoms with E-state index in [-0.39, 0.29) is 18.7 Å². The van der Waals surface area contributed by atoms with Crippen LogP contribution < -0.4 is 0 Å². The number of amides is 2. The standard InChI is InChI=1S/C28H28ClFN4O4/c29-22-8-3-1-6-20(22)24-18-25(21-7-2-4-9-23(21)30)34(31-24)27(35)19-33(28(36)26-10-5-15-38-26)12-11-32-13-16-37-17-14-32/h1-10,15,25H,11-14,16-19H2/t25-/m0/s1. The molecule has 0 aliphatic carbocycles. The normalized spacial score (nSPS) is 17.9. The molecule has 1 aromatic heterocycles. The molecule has 8 nitrogen and oxygen atoms in total. The first-order valence-corrected chi connectivity index (χ1v) is 12.9. The lowest BCUT2D eigenvalue weighted by Gasteiger charge is -2.30. The Morgan fingerprint density at radius 3 is 2.55 bits per heavy atom. The predicted molar refractivity (Wildman–Crippen MR) is 140 cm³/mol. The van der Waals surface area contributed by atoms with E-state index in [1.165, 1.54) is 22.2 Å². The summed E-state index contributed by atoms with van der Waals surface area (Å²) < 4.78 is 25.6. The molecule has 2 aliphatic rings. The zero-order valence-electron chi connectivity index (χ0n) is 20.8. The Morgan fingerprint density at radius 1 is 1.05 bits per heavy atom. The van der Waals surface area contributed by atoms with Crippen molar-refractivity contribution in [3.63, 3.8) is 0 Å². The Morgan fingerprint density at radius 2 is 1.82 bits per heavy atom. The fourth-order valence-corrected chi connectivity index (χ4v) is 4.96. The van der Waals surface area contributed by atoms with Crippen LogP contribution in [-0.4, -0.2) is 78.3 Å². The molecule has 0 unspecified atom stereocenters. The van der Waals surface area contributed by atoms with Gasteiger partial charge in [0, 0.05) is 48.7 Å². The Kier molecular flexibility index (Phi) is 8.17. The molecule has 0 spiro atoms. The molecule has 10 heteroatoms. The summed E-state index contributed by atoms with van der Waals surface area (Å²) in [5.41, 5.74) is 1.61. The third kappa shape index (κ3) is 5.80. The third-order valence-corrected chi connectivity index (χ3v) is 7.08. The smallest absolute Gasteiger partial charge is 0.290 e. The minimum atomic E-state index is -0.671. The lowest BCUT2D eigenvalue weighted by Crippen LogP contribution is -2.46. The predicted octanol–water partition coefficient (Wildman–Crippen LogP) is 4.22. The number of morpholine rings is 1. The lowest BCUT2D eigenvalue weighted by molar-refractivity contribution is -0.133. The SMILES string of the molecule is O=C(c1ccco1)N(CCN1CCOCC1)CC(=O)N1N=C(c2ccccc2Cl)C[C@H]1c1ccccc1F. The maximum absolute atomic E-state index is 14.9. The highest BCUT2D eigenvalue weighted by molar-refractivity contribution is 6.34. The molecule has 2 aromatic carbocycles. The fourth-order valence-electron chi connectivity index (χ4n) is 4.72. The van der Waals surface area contributed by atoms with E-state index in [1.54, 1.807) is 36.4 Å². The van der Waals surface area contributed by atoms with Crippen molar-refractivity contribution in [2.45, 2.75) is 12.5 Å². The van der Waals surface area contributed by atoms with Crippen LogP contribution in [-0.2, 0) is 9.53 Å². The summed E-state index contributed by atoms with van der Waals surface area (Å²) >= 11 is 6.42. The second kappa shape index (κ2) is 11.9. The van der Waals surface area contributed by atoms with Crippen molar-refractivity contribution in [2.75, 3.05) is 45.9 Å². The molecule has 3 aromatic rings. The highest BCUT2D eigenvalue weighted by Gasteiger charge is 2.36. The van der Waals surface area contributed by atoms with Crippen LogP contribution in [0.1, 0.15) is 34.1 Å². The van der Waals surface area contributed by atoms with Gasteiger partial charge in [-0.15, -0.1) is 0 Å². The molecule has 0 bridgehead atoms. The summed E-state index contributed by atoms with van der Waals surface area (Å²) in [6.45, 7) is 3.41. The maximum Gasteiger partial charge on any atom is 0.290 e. The first kappa shape index (κ1) is 26.1. The number of nitrogens with zero attached hydrogens (tertiary/aromatic N) is 4. The van der Waals surface area contributed by atoms with E-state index in [4.69, 9.17) is 20.8 Å². The third-order valence-electron chi connectivity index (χ3n) is 6.75. The number of rotatable bonds is 8. The van der Waals surface area contributed by atoms with Crippen LogP contribution in [0.2, 0.25) is 5.02 Å². The molecule has 0 saturated carbocycles. The van der Waals surface area contributed by atoms with Gasteiger partial charge in [-0.2, -0.15) is 5.10 Å². The highest BCUT2D eigenvalue weighted by atomic mass is 35.5. The number of carbonyl (C=O) groups excluding carboxylic acids is 2. The van der Waals surface area contributed by atoms with Crippen LogP contribution >= 0.6 is 11.6 Å². The van der Waals surface area contributed by atoms with Crippen molar-refractivity contribution >= 4 is 29.1 Å². The van der Waals surface area contributed by atoms with Gasteiger partial charge in [0.15, 0.2) is 5.76 Å². The minimum Gasteiger partial charge on any atom is -0.459 e. The van der Waals surface area contributed by atoms with E-state index in [0.717, 1.165) is 13.1 Å². The van der Waals surface area contributed by atoms with Crippen molar-refractivity contribution in [2.24, 2.45) is 5.10 Å². The number of halogens is 2. The molecular weight excluding hydrogens is 511 g/mol. The van der Waals surface area contributed by atoms with Gasteiger partial charge in [0.1, 0.15) is 12.4 Å². The van der Waals surface area contributed by atoms with E-state index in [0.29, 0.717) is 48.2 Å². The van der Waals surface area contributed by atoms with E-state index in [2.05, 4.69) is 10.0 Å². The number of carbonyl (C=O) groups is 2. The van der Waals surface area contributed by atoms with Gasteiger partial charge in [0.2, 0.25) is 0 Å². The van der Waals surface area contributed by atoms with Crippen LogP contribution in [0.4, 0.5) is 4.39 Å². The summed E-state index contributed by atoms with van der Waals surface area (Å²) in [7, 11) is 0. The number of benzene rings is 2. The van der Waals surface area contributed by atoms with Gasteiger partial charge in [-0.1, -0.05) is 48.0 Å². The monoisotopic (exact) mass is 538 g/mol. The van der Waals surface area contributed by atoms with E-state index < -0.39 is 23.7 Å². The molecule has 2 aliphatic heterocycles. The average molecular weight is 539 g/mol. The molecule has 1 atom stereocenters.